The van der Waals surface area contributed by atoms with Gasteiger partial charge in [0.25, 0.3) is 0 Å². The van der Waals surface area contributed by atoms with E-state index >= 15 is 0 Å². The highest BCUT2D eigenvalue weighted by molar-refractivity contribution is 9.12. The van der Waals surface area contributed by atoms with Crippen molar-refractivity contribution in [1.29, 1.82) is 5.26 Å². The Hall–Kier alpha value is -2.99. The van der Waals surface area contributed by atoms with Gasteiger partial charge in [0.15, 0.2) is 0 Å². The molecule has 0 bridgehead atoms. The maximum atomic E-state index is 9.67. The van der Waals surface area contributed by atoms with Crippen molar-refractivity contribution < 1.29 is 0 Å². The van der Waals surface area contributed by atoms with Crippen LogP contribution in [0.3, 0.4) is 0 Å². The van der Waals surface area contributed by atoms with E-state index in [2.05, 4.69) is 52.7 Å². The number of aromatic nitrogens is 5. The van der Waals surface area contributed by atoms with Crippen LogP contribution in [0.4, 0.5) is 5.95 Å². The van der Waals surface area contributed by atoms with E-state index in [9.17, 15) is 5.26 Å². The van der Waals surface area contributed by atoms with E-state index in [1.807, 2.05) is 19.1 Å². The predicted molar refractivity (Wildman–Crippen MR) is 102 cm³/mol. The number of aryl methyl sites for hydroxylation is 2. The number of nitrogens with one attached hydrogen (secondary N) is 2. The van der Waals surface area contributed by atoms with Crippen molar-refractivity contribution in [2.75, 3.05) is 11.9 Å². The van der Waals surface area contributed by atoms with Gasteiger partial charge in [-0.25, -0.2) is 15.0 Å². The first-order chi connectivity index (χ1) is 12.7. The Kier molecular flexibility index (Phi) is 5.76. The van der Waals surface area contributed by atoms with Gasteiger partial charge in [0.1, 0.15) is 24.3 Å². The summed E-state index contributed by atoms with van der Waals surface area (Å²) in [4.78, 5) is 12.8. The normalized spacial score (nSPS) is 15.0. The minimum Gasteiger partial charge on any atom is -0.360 e. The lowest BCUT2D eigenvalue weighted by Gasteiger charge is -2.14. The SMILES string of the molecule is Cc1cnc(NCCCn2cncn2)nc1/C(C#N)=C1/NC=CC=C1Br. The Bertz CT molecular complexity index is 905. The molecule has 0 saturated heterocycles. The molecule has 8 nitrogen and oxygen atoms in total. The van der Waals surface area contributed by atoms with Crippen LogP contribution >= 0.6 is 15.9 Å². The fourth-order valence-corrected chi connectivity index (χ4v) is 2.87. The summed E-state index contributed by atoms with van der Waals surface area (Å²) in [6.07, 6.45) is 11.3. The minimum atomic E-state index is 0.461. The molecule has 1 aliphatic heterocycles. The molecular weight excluding hydrogens is 396 g/mol. The molecular formula is C17H17BrN8. The molecule has 9 heteroatoms. The molecule has 3 rings (SSSR count). The maximum Gasteiger partial charge on any atom is 0.223 e. The van der Waals surface area contributed by atoms with Crippen LogP contribution in [0.1, 0.15) is 17.7 Å². The van der Waals surface area contributed by atoms with Gasteiger partial charge in [0, 0.05) is 30.0 Å². The quantitative estimate of drug-likeness (QED) is 0.554. The molecule has 0 aromatic carbocycles. The molecule has 3 heterocycles. The van der Waals surface area contributed by atoms with E-state index in [0.29, 0.717) is 29.5 Å². The molecule has 0 fully saturated rings. The van der Waals surface area contributed by atoms with Crippen LogP contribution < -0.4 is 10.6 Å². The molecule has 2 N–H and O–H groups in total. The zero-order valence-corrected chi connectivity index (χ0v) is 15.7. The standard InChI is InChI=1S/C17H17BrN8/c1-12-9-23-17(22-6-3-7-26-11-20-10-24-26)25-15(12)13(8-19)16-14(18)4-2-5-21-16/h2,4-5,9-11,21H,3,6-7H2,1H3,(H,22,23,25)/b16-13+. The van der Waals surface area contributed by atoms with Crippen molar-refractivity contribution in [2.24, 2.45) is 0 Å². The second-order valence-electron chi connectivity index (χ2n) is 5.54. The van der Waals surface area contributed by atoms with E-state index in [1.54, 1.807) is 23.4 Å². The van der Waals surface area contributed by atoms with Gasteiger partial charge in [-0.3, -0.25) is 4.68 Å². The van der Waals surface area contributed by atoms with E-state index in [0.717, 1.165) is 23.0 Å². The molecule has 132 valence electrons. The summed E-state index contributed by atoms with van der Waals surface area (Å²) in [5.41, 5.74) is 2.58. The van der Waals surface area contributed by atoms with E-state index in [-0.39, 0.29) is 0 Å². The average molecular weight is 413 g/mol. The van der Waals surface area contributed by atoms with Crippen LogP contribution in [0.5, 0.6) is 0 Å². The molecule has 0 atom stereocenters. The number of nitrogens with zero attached hydrogens (tertiary/aromatic N) is 6. The summed E-state index contributed by atoms with van der Waals surface area (Å²) in [5, 5.41) is 20.0. The van der Waals surface area contributed by atoms with Crippen LogP contribution in [0.25, 0.3) is 5.57 Å². The number of halogens is 1. The first-order valence-corrected chi connectivity index (χ1v) is 8.82. The van der Waals surface area contributed by atoms with Crippen molar-refractivity contribution in [3.8, 4) is 6.07 Å². The van der Waals surface area contributed by atoms with Gasteiger partial charge >= 0.3 is 0 Å². The van der Waals surface area contributed by atoms with Crippen molar-refractivity contribution >= 4 is 27.5 Å². The van der Waals surface area contributed by atoms with Gasteiger partial charge in [-0.1, -0.05) is 0 Å². The Morgan fingerprint density at radius 1 is 1.46 bits per heavy atom. The molecule has 2 aromatic rings. The number of dihydropyridines is 1. The second-order valence-corrected chi connectivity index (χ2v) is 6.40. The molecule has 0 aliphatic carbocycles. The molecule has 26 heavy (non-hydrogen) atoms. The molecule has 0 amide bonds. The van der Waals surface area contributed by atoms with Gasteiger partial charge in [-0.15, -0.1) is 0 Å². The topological polar surface area (TPSA) is 104 Å². The average Bonchev–Trinajstić information content (AvgIpc) is 3.16. The molecule has 2 aromatic heterocycles. The largest absolute Gasteiger partial charge is 0.360 e. The van der Waals surface area contributed by atoms with Crippen molar-refractivity contribution in [3.05, 3.63) is 58.6 Å². The summed E-state index contributed by atoms with van der Waals surface area (Å²) in [6.45, 7) is 3.33. The smallest absolute Gasteiger partial charge is 0.223 e. The number of nitriles is 1. The Morgan fingerprint density at radius 2 is 2.35 bits per heavy atom. The van der Waals surface area contributed by atoms with Crippen molar-refractivity contribution in [2.45, 2.75) is 19.9 Å². The monoisotopic (exact) mass is 412 g/mol. The van der Waals surface area contributed by atoms with Crippen LogP contribution in [0, 0.1) is 18.3 Å². The number of rotatable bonds is 6. The van der Waals surface area contributed by atoms with Gasteiger partial charge in [0.2, 0.25) is 5.95 Å². The number of anilines is 1. The summed E-state index contributed by atoms with van der Waals surface area (Å²) in [6, 6.07) is 2.25. The first-order valence-electron chi connectivity index (χ1n) is 8.03. The van der Waals surface area contributed by atoms with Gasteiger partial charge in [-0.2, -0.15) is 10.4 Å². The van der Waals surface area contributed by atoms with Crippen molar-refractivity contribution in [1.82, 2.24) is 30.0 Å². The van der Waals surface area contributed by atoms with Crippen LogP contribution in [-0.2, 0) is 6.54 Å². The third-order valence-electron chi connectivity index (χ3n) is 3.69. The summed E-state index contributed by atoms with van der Waals surface area (Å²) in [7, 11) is 0. The van der Waals surface area contributed by atoms with E-state index in [1.165, 1.54) is 6.33 Å². The highest BCUT2D eigenvalue weighted by Gasteiger charge is 2.17. The van der Waals surface area contributed by atoms with Crippen LogP contribution in [-0.4, -0.2) is 31.3 Å². The second kappa shape index (κ2) is 8.40. The lowest BCUT2D eigenvalue weighted by atomic mass is 10.1. The first kappa shape index (κ1) is 17.8. The third-order valence-corrected chi connectivity index (χ3v) is 4.35. The fraction of sp³-hybridized carbons (Fsp3) is 0.235. The molecule has 0 unspecified atom stereocenters. The van der Waals surface area contributed by atoms with E-state index in [4.69, 9.17) is 0 Å². The third kappa shape index (κ3) is 4.15. The predicted octanol–water partition coefficient (Wildman–Crippen LogP) is 2.51. The van der Waals surface area contributed by atoms with Gasteiger partial charge in [0.05, 0.1) is 11.4 Å². The number of allylic oxidation sites excluding steroid dienone is 4. The van der Waals surface area contributed by atoms with Crippen LogP contribution in [0.15, 0.2) is 47.4 Å². The Labute approximate surface area is 159 Å². The molecule has 0 radical (unpaired) electrons. The summed E-state index contributed by atoms with van der Waals surface area (Å²) in [5.74, 6) is 0.490. The van der Waals surface area contributed by atoms with Crippen LogP contribution in [0.2, 0.25) is 0 Å². The number of hydrogen-bond donors (Lipinski definition) is 2. The summed E-state index contributed by atoms with van der Waals surface area (Å²) < 4.78 is 2.57. The molecule has 0 spiro atoms. The highest BCUT2D eigenvalue weighted by atomic mass is 79.9. The summed E-state index contributed by atoms with van der Waals surface area (Å²) >= 11 is 3.47. The lowest BCUT2D eigenvalue weighted by molar-refractivity contribution is 0.589. The fourth-order valence-electron chi connectivity index (χ4n) is 2.40. The highest BCUT2D eigenvalue weighted by Crippen LogP contribution is 2.27. The van der Waals surface area contributed by atoms with Gasteiger partial charge < -0.3 is 10.6 Å². The zero-order chi connectivity index (χ0) is 18.4. The minimum absolute atomic E-state index is 0.461. The van der Waals surface area contributed by atoms with E-state index < -0.39 is 0 Å². The maximum absolute atomic E-state index is 9.67. The van der Waals surface area contributed by atoms with Gasteiger partial charge in [-0.05, 0) is 47.0 Å². The number of hydrogen-bond acceptors (Lipinski definition) is 7. The molecule has 0 saturated carbocycles. The molecule has 1 aliphatic rings. The van der Waals surface area contributed by atoms with Crippen molar-refractivity contribution in [3.63, 3.8) is 0 Å². The Balaban J connectivity index is 1.75. The lowest BCUT2D eigenvalue weighted by Crippen LogP contribution is -2.13. The Morgan fingerprint density at radius 3 is 3.08 bits per heavy atom. The zero-order valence-electron chi connectivity index (χ0n) is 14.1.